The van der Waals surface area contributed by atoms with Crippen LogP contribution < -0.4 is 10.2 Å². The quantitative estimate of drug-likeness (QED) is 0.630. The van der Waals surface area contributed by atoms with Crippen molar-refractivity contribution < 1.29 is 4.79 Å². The van der Waals surface area contributed by atoms with Gasteiger partial charge in [0.25, 0.3) is 0 Å². The minimum Gasteiger partial charge on any atom is -0.372 e. The first-order valence-corrected chi connectivity index (χ1v) is 10.4. The van der Waals surface area contributed by atoms with Gasteiger partial charge in [-0.25, -0.2) is 4.98 Å². The molecule has 134 valence electrons. The van der Waals surface area contributed by atoms with E-state index in [1.54, 1.807) is 11.3 Å². The van der Waals surface area contributed by atoms with Crippen molar-refractivity contribution in [1.29, 1.82) is 0 Å². The highest BCUT2D eigenvalue weighted by Gasteiger charge is 2.13. The number of H-pyrrole nitrogens is 1. The van der Waals surface area contributed by atoms with E-state index in [9.17, 15) is 4.79 Å². The molecule has 0 bridgehead atoms. The smallest absolute Gasteiger partial charge is 0.234 e. The Morgan fingerprint density at radius 3 is 2.77 bits per heavy atom. The summed E-state index contributed by atoms with van der Waals surface area (Å²) in [6.45, 7) is 2.24. The number of carbonyl (C=O) groups excluding carboxylic acids is 1. The minimum absolute atomic E-state index is 0.0635. The zero-order chi connectivity index (χ0) is 17.8. The minimum atomic E-state index is -0.0635. The highest BCUT2D eigenvalue weighted by molar-refractivity contribution is 7.99. The molecular formula is C18H19N5OS2. The van der Waals surface area contributed by atoms with Gasteiger partial charge in [-0.05, 0) is 48.6 Å². The number of hydrogen-bond donors (Lipinski definition) is 2. The van der Waals surface area contributed by atoms with Crippen molar-refractivity contribution in [2.45, 2.75) is 18.0 Å². The van der Waals surface area contributed by atoms with Crippen molar-refractivity contribution >= 4 is 40.4 Å². The monoisotopic (exact) mass is 385 g/mol. The number of hydrogen-bond acceptors (Lipinski definition) is 6. The van der Waals surface area contributed by atoms with Crippen molar-refractivity contribution in [2.24, 2.45) is 0 Å². The summed E-state index contributed by atoms with van der Waals surface area (Å²) in [6, 6.07) is 12.0. The topological polar surface area (TPSA) is 73.9 Å². The summed E-state index contributed by atoms with van der Waals surface area (Å²) in [4.78, 5) is 20.0. The Morgan fingerprint density at radius 2 is 2.04 bits per heavy atom. The fourth-order valence-corrected chi connectivity index (χ4v) is 4.15. The maximum Gasteiger partial charge on any atom is 0.234 e. The Labute approximate surface area is 160 Å². The van der Waals surface area contributed by atoms with Gasteiger partial charge in [-0.2, -0.15) is 0 Å². The lowest BCUT2D eigenvalue weighted by molar-refractivity contribution is -0.113. The van der Waals surface area contributed by atoms with Gasteiger partial charge in [-0.3, -0.25) is 9.89 Å². The van der Waals surface area contributed by atoms with Crippen LogP contribution >= 0.6 is 23.1 Å². The van der Waals surface area contributed by atoms with E-state index >= 15 is 0 Å². The SMILES string of the molecule is O=C(CSc1n[nH]c(-c2cccs2)n1)Nc1ccc(N2CCCC2)cc1. The van der Waals surface area contributed by atoms with E-state index in [0.717, 1.165) is 29.5 Å². The molecule has 1 saturated heterocycles. The van der Waals surface area contributed by atoms with E-state index < -0.39 is 0 Å². The van der Waals surface area contributed by atoms with Crippen LogP contribution in [0.25, 0.3) is 10.7 Å². The molecule has 8 heteroatoms. The third-order valence-corrected chi connectivity index (χ3v) is 5.90. The fourth-order valence-electron chi connectivity index (χ4n) is 2.89. The second kappa shape index (κ2) is 7.92. The van der Waals surface area contributed by atoms with Gasteiger partial charge in [0.05, 0.1) is 10.6 Å². The summed E-state index contributed by atoms with van der Waals surface area (Å²) in [5.74, 6) is 0.946. The van der Waals surface area contributed by atoms with Gasteiger partial charge < -0.3 is 10.2 Å². The second-order valence-corrected chi connectivity index (χ2v) is 7.91. The zero-order valence-corrected chi connectivity index (χ0v) is 15.8. The average Bonchev–Trinajstić information content (AvgIpc) is 3.42. The van der Waals surface area contributed by atoms with Crippen molar-refractivity contribution in [1.82, 2.24) is 15.2 Å². The van der Waals surface area contributed by atoms with Crippen LogP contribution in [0, 0.1) is 0 Å². The first-order chi connectivity index (χ1) is 12.8. The first-order valence-electron chi connectivity index (χ1n) is 8.52. The van der Waals surface area contributed by atoms with Crippen molar-refractivity contribution in [2.75, 3.05) is 29.1 Å². The Balaban J connectivity index is 1.28. The van der Waals surface area contributed by atoms with E-state index in [1.807, 2.05) is 29.6 Å². The Hall–Kier alpha value is -2.32. The highest BCUT2D eigenvalue weighted by Crippen LogP contribution is 2.24. The van der Waals surface area contributed by atoms with Gasteiger partial charge in [0.1, 0.15) is 0 Å². The van der Waals surface area contributed by atoms with Gasteiger partial charge in [0.2, 0.25) is 11.1 Å². The number of anilines is 2. The normalized spacial score (nSPS) is 13.9. The number of thiophene rings is 1. The molecule has 0 spiro atoms. The van der Waals surface area contributed by atoms with E-state index in [2.05, 4.69) is 37.5 Å². The molecule has 0 radical (unpaired) electrons. The number of nitrogens with one attached hydrogen (secondary N) is 2. The Bertz CT molecular complexity index is 854. The lowest BCUT2D eigenvalue weighted by Crippen LogP contribution is -2.18. The summed E-state index contributed by atoms with van der Waals surface area (Å²) >= 11 is 2.92. The van der Waals surface area contributed by atoms with Crippen LogP contribution in [0.15, 0.2) is 46.9 Å². The molecule has 1 fully saturated rings. The van der Waals surface area contributed by atoms with Gasteiger partial charge in [-0.15, -0.1) is 16.4 Å². The molecule has 1 aliphatic heterocycles. The molecule has 1 aromatic carbocycles. The number of aromatic nitrogens is 3. The molecule has 3 heterocycles. The van der Waals surface area contributed by atoms with Gasteiger partial charge in [-0.1, -0.05) is 17.8 Å². The standard InChI is InChI=1S/C18H19N5OS2/c24-16(12-26-18-20-17(21-22-18)15-4-3-11-25-15)19-13-5-7-14(8-6-13)23-9-1-2-10-23/h3-8,11H,1-2,9-10,12H2,(H,19,24)(H,20,21,22). The maximum absolute atomic E-state index is 12.2. The molecule has 0 saturated carbocycles. The molecule has 1 amide bonds. The highest BCUT2D eigenvalue weighted by atomic mass is 32.2. The number of rotatable bonds is 6. The molecular weight excluding hydrogens is 366 g/mol. The third-order valence-electron chi connectivity index (χ3n) is 4.17. The number of amides is 1. The summed E-state index contributed by atoms with van der Waals surface area (Å²) in [6.07, 6.45) is 2.51. The van der Waals surface area contributed by atoms with Crippen LogP contribution in [-0.2, 0) is 4.79 Å². The fraction of sp³-hybridized carbons (Fsp3) is 0.278. The van der Waals surface area contributed by atoms with Gasteiger partial charge in [0, 0.05) is 24.5 Å². The Kier molecular flexibility index (Phi) is 5.21. The predicted molar refractivity (Wildman–Crippen MR) is 107 cm³/mol. The van der Waals surface area contributed by atoms with Crippen LogP contribution in [-0.4, -0.2) is 39.9 Å². The molecule has 6 nitrogen and oxygen atoms in total. The van der Waals surface area contributed by atoms with Crippen molar-refractivity contribution in [3.8, 4) is 10.7 Å². The van der Waals surface area contributed by atoms with Crippen LogP contribution in [0.3, 0.4) is 0 Å². The molecule has 0 atom stereocenters. The maximum atomic E-state index is 12.2. The van der Waals surface area contributed by atoms with Crippen LogP contribution in [0.4, 0.5) is 11.4 Å². The van der Waals surface area contributed by atoms with Crippen LogP contribution in [0.5, 0.6) is 0 Å². The van der Waals surface area contributed by atoms with E-state index in [1.165, 1.54) is 30.3 Å². The number of thioether (sulfide) groups is 1. The third kappa shape index (κ3) is 4.08. The summed E-state index contributed by atoms with van der Waals surface area (Å²) in [7, 11) is 0. The molecule has 0 unspecified atom stereocenters. The van der Waals surface area contributed by atoms with Crippen molar-refractivity contribution in [3.05, 3.63) is 41.8 Å². The molecule has 2 aromatic heterocycles. The number of nitrogens with zero attached hydrogens (tertiary/aromatic N) is 3. The molecule has 4 rings (SSSR count). The zero-order valence-electron chi connectivity index (χ0n) is 14.1. The van der Waals surface area contributed by atoms with Crippen molar-refractivity contribution in [3.63, 3.8) is 0 Å². The Morgan fingerprint density at radius 1 is 1.23 bits per heavy atom. The molecule has 1 aliphatic rings. The molecule has 3 aromatic rings. The number of benzene rings is 1. The molecule has 26 heavy (non-hydrogen) atoms. The van der Waals surface area contributed by atoms with Gasteiger partial charge in [0.15, 0.2) is 5.82 Å². The summed E-state index contributed by atoms with van der Waals surface area (Å²) < 4.78 is 0. The lowest BCUT2D eigenvalue weighted by atomic mass is 10.2. The summed E-state index contributed by atoms with van der Waals surface area (Å²) in [5, 5.41) is 12.6. The largest absolute Gasteiger partial charge is 0.372 e. The average molecular weight is 386 g/mol. The van der Waals surface area contributed by atoms with E-state index in [-0.39, 0.29) is 11.7 Å². The molecule has 2 N–H and O–H groups in total. The predicted octanol–water partition coefficient (Wildman–Crippen LogP) is 3.86. The summed E-state index contributed by atoms with van der Waals surface area (Å²) in [5.41, 5.74) is 2.03. The van der Waals surface area contributed by atoms with Crippen LogP contribution in [0.2, 0.25) is 0 Å². The number of carbonyl (C=O) groups is 1. The lowest BCUT2D eigenvalue weighted by Gasteiger charge is -2.17. The van der Waals surface area contributed by atoms with E-state index in [0.29, 0.717) is 5.16 Å². The first kappa shape index (κ1) is 17.1. The van der Waals surface area contributed by atoms with Gasteiger partial charge >= 0.3 is 0 Å². The number of aromatic amines is 1. The van der Waals surface area contributed by atoms with Crippen LogP contribution in [0.1, 0.15) is 12.8 Å². The van der Waals surface area contributed by atoms with E-state index in [4.69, 9.17) is 0 Å². The molecule has 0 aliphatic carbocycles. The second-order valence-electron chi connectivity index (χ2n) is 6.02.